The van der Waals surface area contributed by atoms with E-state index in [4.69, 9.17) is 4.74 Å². The molecule has 2 heterocycles. The van der Waals surface area contributed by atoms with Crippen LogP contribution in [0.5, 0.6) is 5.75 Å². The molecule has 0 atom stereocenters. The van der Waals surface area contributed by atoms with Crippen LogP contribution >= 0.6 is 0 Å². The molecule has 0 aliphatic heterocycles. The van der Waals surface area contributed by atoms with Crippen LogP contribution in [0.4, 0.5) is 10.1 Å². The Morgan fingerprint density at radius 2 is 1.97 bits per heavy atom. The number of ether oxygens (including phenoxy) is 1. The van der Waals surface area contributed by atoms with Gasteiger partial charge in [0.25, 0.3) is 10.0 Å². The lowest BCUT2D eigenvalue weighted by Crippen LogP contribution is -2.14. The highest BCUT2D eigenvalue weighted by Gasteiger charge is 2.18. The number of rotatable bonds is 6. The minimum Gasteiger partial charge on any atom is -0.491 e. The summed E-state index contributed by atoms with van der Waals surface area (Å²) in [6.45, 7) is 3.81. The first-order chi connectivity index (χ1) is 14.4. The summed E-state index contributed by atoms with van der Waals surface area (Å²) in [6, 6.07) is 14.7. The van der Waals surface area contributed by atoms with Crippen molar-refractivity contribution in [3.63, 3.8) is 0 Å². The van der Waals surface area contributed by atoms with E-state index in [-0.39, 0.29) is 17.3 Å². The predicted molar refractivity (Wildman–Crippen MR) is 114 cm³/mol. The summed E-state index contributed by atoms with van der Waals surface area (Å²) >= 11 is 0. The number of sulfonamides is 1. The maximum absolute atomic E-state index is 14.1. The molecule has 0 aliphatic carbocycles. The molecule has 0 saturated carbocycles. The van der Waals surface area contributed by atoms with Crippen LogP contribution in [0, 0.1) is 12.7 Å². The topological polar surface area (TPSA) is 72.7 Å². The number of hydrogen-bond acceptors (Lipinski definition) is 4. The van der Waals surface area contributed by atoms with Gasteiger partial charge < -0.3 is 9.14 Å². The average Bonchev–Trinajstić information content (AvgIpc) is 3.15. The fourth-order valence-electron chi connectivity index (χ4n) is 3.09. The molecule has 154 valence electrons. The number of anilines is 1. The van der Waals surface area contributed by atoms with E-state index in [2.05, 4.69) is 9.71 Å². The fraction of sp³-hybridized carbons (Fsp3) is 0.136. The van der Waals surface area contributed by atoms with E-state index in [1.807, 2.05) is 47.1 Å². The first kappa shape index (κ1) is 19.9. The van der Waals surface area contributed by atoms with Gasteiger partial charge in [-0.2, -0.15) is 0 Å². The molecule has 0 spiro atoms. The van der Waals surface area contributed by atoms with Crippen molar-refractivity contribution in [3.05, 3.63) is 78.4 Å². The Balaban J connectivity index is 1.67. The minimum absolute atomic E-state index is 0.0153. The summed E-state index contributed by atoms with van der Waals surface area (Å²) in [5.41, 5.74) is 3.41. The molecule has 8 heteroatoms. The fourth-order valence-corrected chi connectivity index (χ4v) is 4.22. The van der Waals surface area contributed by atoms with Gasteiger partial charge in [0.2, 0.25) is 0 Å². The second-order valence-electron chi connectivity index (χ2n) is 6.75. The zero-order valence-electron chi connectivity index (χ0n) is 16.5. The lowest BCUT2D eigenvalue weighted by Gasteiger charge is -2.13. The molecule has 0 amide bonds. The normalized spacial score (nSPS) is 11.6. The van der Waals surface area contributed by atoms with Crippen molar-refractivity contribution in [1.29, 1.82) is 0 Å². The molecule has 2 aromatic carbocycles. The summed E-state index contributed by atoms with van der Waals surface area (Å²) < 4.78 is 49.4. The average molecular weight is 425 g/mol. The van der Waals surface area contributed by atoms with Crippen LogP contribution in [-0.2, 0) is 10.0 Å². The lowest BCUT2D eigenvalue weighted by atomic mass is 10.1. The largest absolute Gasteiger partial charge is 0.491 e. The number of hydrogen-bond donors (Lipinski definition) is 1. The molecule has 0 radical (unpaired) electrons. The predicted octanol–water partition coefficient (Wildman–Crippen LogP) is 4.65. The van der Waals surface area contributed by atoms with Crippen LogP contribution in [-0.4, -0.2) is 24.4 Å². The van der Waals surface area contributed by atoms with Crippen molar-refractivity contribution in [3.8, 4) is 17.0 Å². The molecule has 0 unspecified atom stereocenters. The summed E-state index contributed by atoms with van der Waals surface area (Å²) in [4.78, 5) is 4.39. The van der Waals surface area contributed by atoms with E-state index >= 15 is 0 Å². The van der Waals surface area contributed by atoms with Crippen molar-refractivity contribution >= 4 is 21.4 Å². The summed E-state index contributed by atoms with van der Waals surface area (Å²) in [5.74, 6) is -0.712. The van der Waals surface area contributed by atoms with E-state index in [1.165, 1.54) is 12.1 Å². The van der Waals surface area contributed by atoms with E-state index in [0.29, 0.717) is 11.4 Å². The van der Waals surface area contributed by atoms with Crippen molar-refractivity contribution < 1.29 is 17.5 Å². The van der Waals surface area contributed by atoms with Gasteiger partial charge >= 0.3 is 0 Å². The minimum atomic E-state index is -3.98. The first-order valence-electron chi connectivity index (χ1n) is 9.37. The van der Waals surface area contributed by atoms with E-state index in [0.717, 1.165) is 22.8 Å². The van der Waals surface area contributed by atoms with E-state index in [1.54, 1.807) is 19.9 Å². The Bertz CT molecular complexity index is 1300. The lowest BCUT2D eigenvalue weighted by molar-refractivity contribution is 0.321. The maximum atomic E-state index is 14.1. The Kier molecular flexibility index (Phi) is 5.17. The summed E-state index contributed by atoms with van der Waals surface area (Å²) in [5, 5.41) is 0. The van der Waals surface area contributed by atoms with Crippen LogP contribution in [0.15, 0.2) is 71.9 Å². The van der Waals surface area contributed by atoms with Gasteiger partial charge in [-0.1, -0.05) is 18.2 Å². The zero-order chi connectivity index (χ0) is 21.3. The van der Waals surface area contributed by atoms with Crippen molar-refractivity contribution in [1.82, 2.24) is 9.38 Å². The van der Waals surface area contributed by atoms with Gasteiger partial charge in [0.15, 0.2) is 11.6 Å². The number of pyridine rings is 1. The molecule has 4 rings (SSSR count). The molecule has 0 saturated heterocycles. The number of imidazole rings is 1. The molecule has 0 bridgehead atoms. The van der Waals surface area contributed by atoms with Crippen molar-refractivity contribution in [2.75, 3.05) is 11.3 Å². The molecule has 30 heavy (non-hydrogen) atoms. The number of aryl methyl sites for hydroxylation is 1. The third-order valence-electron chi connectivity index (χ3n) is 4.66. The van der Waals surface area contributed by atoms with Crippen LogP contribution in [0.3, 0.4) is 0 Å². The van der Waals surface area contributed by atoms with Gasteiger partial charge in [0, 0.05) is 18.0 Å². The van der Waals surface area contributed by atoms with E-state index < -0.39 is 15.8 Å². The molecule has 1 N–H and O–H groups in total. The Hall–Kier alpha value is -3.39. The van der Waals surface area contributed by atoms with Gasteiger partial charge in [-0.05, 0) is 55.8 Å². The third-order valence-corrected chi connectivity index (χ3v) is 6.02. The molecule has 6 nitrogen and oxygen atoms in total. The number of halogens is 1. The monoisotopic (exact) mass is 425 g/mol. The number of benzene rings is 2. The highest BCUT2D eigenvalue weighted by molar-refractivity contribution is 7.92. The second kappa shape index (κ2) is 7.79. The number of nitrogens with zero attached hydrogens (tertiary/aromatic N) is 2. The summed E-state index contributed by atoms with van der Waals surface area (Å²) in [6.07, 6.45) is 3.77. The van der Waals surface area contributed by atoms with Crippen LogP contribution in [0.25, 0.3) is 16.9 Å². The van der Waals surface area contributed by atoms with Crippen molar-refractivity contribution in [2.45, 2.75) is 18.7 Å². The number of nitrogens with one attached hydrogen (secondary N) is 1. The molecule has 0 aliphatic rings. The maximum Gasteiger partial charge on any atom is 0.262 e. The Labute approximate surface area is 174 Å². The number of aromatic nitrogens is 2. The Morgan fingerprint density at radius 3 is 2.70 bits per heavy atom. The number of fused-ring (bicyclic) bond motifs is 1. The smallest absolute Gasteiger partial charge is 0.262 e. The molecular formula is C22H20FN3O3S. The van der Waals surface area contributed by atoms with Crippen LogP contribution < -0.4 is 9.46 Å². The Morgan fingerprint density at radius 1 is 1.13 bits per heavy atom. The third kappa shape index (κ3) is 3.86. The van der Waals surface area contributed by atoms with Gasteiger partial charge in [-0.25, -0.2) is 17.8 Å². The van der Waals surface area contributed by atoms with Crippen LogP contribution in [0.2, 0.25) is 0 Å². The van der Waals surface area contributed by atoms with Gasteiger partial charge in [-0.15, -0.1) is 0 Å². The summed E-state index contributed by atoms with van der Waals surface area (Å²) in [7, 11) is -3.98. The molecular weight excluding hydrogens is 405 g/mol. The first-order valence-corrected chi connectivity index (χ1v) is 10.9. The molecule has 4 aromatic rings. The van der Waals surface area contributed by atoms with Crippen molar-refractivity contribution in [2.24, 2.45) is 0 Å². The van der Waals surface area contributed by atoms with E-state index in [9.17, 15) is 12.8 Å². The molecule has 2 aromatic heterocycles. The quantitative estimate of drug-likeness (QED) is 0.488. The second-order valence-corrected chi connectivity index (χ2v) is 8.44. The van der Waals surface area contributed by atoms with Crippen LogP contribution in [0.1, 0.15) is 12.5 Å². The van der Waals surface area contributed by atoms with Gasteiger partial charge in [0.05, 0.1) is 22.9 Å². The standard InChI is InChI=1S/C22H20FN3O3S/c1-3-29-21-10-9-17(13-18(21)23)30(27,28)25-19-12-16(8-7-15(19)2)20-14-26-11-5-4-6-22(26)24-20/h4-14,25H,3H2,1-2H3. The van der Waals surface area contributed by atoms with Gasteiger partial charge in [0.1, 0.15) is 5.65 Å². The van der Waals surface area contributed by atoms with Gasteiger partial charge in [-0.3, -0.25) is 4.72 Å². The highest BCUT2D eigenvalue weighted by atomic mass is 32.2. The SMILES string of the molecule is CCOc1ccc(S(=O)(=O)Nc2cc(-c3cn4ccccc4n3)ccc2C)cc1F. The highest BCUT2D eigenvalue weighted by Crippen LogP contribution is 2.28. The zero-order valence-corrected chi connectivity index (χ0v) is 17.3. The molecule has 0 fully saturated rings.